The van der Waals surface area contributed by atoms with Crippen LogP contribution in [0.15, 0.2) is 12.3 Å². The van der Waals surface area contributed by atoms with Gasteiger partial charge in [0.05, 0.1) is 5.69 Å². The molecule has 4 heteroatoms. The molecule has 4 nitrogen and oxygen atoms in total. The lowest BCUT2D eigenvalue weighted by Crippen LogP contribution is -2.27. The highest BCUT2D eigenvalue weighted by Gasteiger charge is 2.28. The van der Waals surface area contributed by atoms with Gasteiger partial charge >= 0.3 is 0 Å². The van der Waals surface area contributed by atoms with Crippen LogP contribution in [0.4, 0.5) is 0 Å². The van der Waals surface area contributed by atoms with E-state index in [1.165, 1.54) is 0 Å². The van der Waals surface area contributed by atoms with Crippen molar-refractivity contribution in [2.45, 2.75) is 32.4 Å². The quantitative estimate of drug-likeness (QED) is 0.819. The molecule has 0 unspecified atom stereocenters. The second kappa shape index (κ2) is 4.77. The van der Waals surface area contributed by atoms with Crippen molar-refractivity contribution >= 4 is 0 Å². The third kappa shape index (κ3) is 2.06. The van der Waals surface area contributed by atoms with E-state index in [2.05, 4.69) is 12.0 Å². The number of aryl methyl sites for hydroxylation is 1. The average Bonchev–Trinajstić information content (AvgIpc) is 2.76. The van der Waals surface area contributed by atoms with Gasteiger partial charge in [0.1, 0.15) is 6.10 Å². The smallest absolute Gasteiger partial charge is 0.104 e. The summed E-state index contributed by atoms with van der Waals surface area (Å²) in [5.74, 6) is 0.223. The van der Waals surface area contributed by atoms with Crippen molar-refractivity contribution in [3.05, 3.63) is 18.0 Å². The Labute approximate surface area is 89.9 Å². The van der Waals surface area contributed by atoms with E-state index >= 15 is 0 Å². The van der Waals surface area contributed by atoms with Crippen LogP contribution in [0.25, 0.3) is 0 Å². The summed E-state index contributed by atoms with van der Waals surface area (Å²) in [6.07, 6.45) is 3.90. The van der Waals surface area contributed by atoms with Crippen LogP contribution in [0.5, 0.6) is 0 Å². The van der Waals surface area contributed by atoms with Gasteiger partial charge in [0, 0.05) is 31.9 Å². The van der Waals surface area contributed by atoms with E-state index < -0.39 is 0 Å². The molecule has 2 rings (SSSR count). The van der Waals surface area contributed by atoms with Gasteiger partial charge in [0.25, 0.3) is 0 Å². The maximum absolute atomic E-state index is 9.31. The van der Waals surface area contributed by atoms with E-state index in [9.17, 15) is 5.11 Å². The zero-order valence-corrected chi connectivity index (χ0v) is 9.09. The van der Waals surface area contributed by atoms with Gasteiger partial charge in [-0.3, -0.25) is 4.68 Å². The standard InChI is InChI=1S/C11H18N2O2/c1-2-13-10(5-6-12-13)11-9(8-14)4-3-7-15-11/h5-6,9,11,14H,2-4,7-8H2,1H3/t9-,11+/m0/s1. The lowest BCUT2D eigenvalue weighted by atomic mass is 9.93. The topological polar surface area (TPSA) is 47.3 Å². The van der Waals surface area contributed by atoms with Crippen LogP contribution in [-0.2, 0) is 11.3 Å². The molecule has 0 aromatic carbocycles. The van der Waals surface area contributed by atoms with E-state index in [0.717, 1.165) is 31.7 Å². The van der Waals surface area contributed by atoms with Crippen LogP contribution in [0.3, 0.4) is 0 Å². The Balaban J connectivity index is 2.20. The average molecular weight is 210 g/mol. The fraction of sp³-hybridized carbons (Fsp3) is 0.727. The number of hydrogen-bond acceptors (Lipinski definition) is 3. The molecule has 2 heterocycles. The summed E-state index contributed by atoms with van der Waals surface area (Å²) in [4.78, 5) is 0. The summed E-state index contributed by atoms with van der Waals surface area (Å²) < 4.78 is 7.69. The van der Waals surface area contributed by atoms with Crippen LogP contribution in [0.2, 0.25) is 0 Å². The van der Waals surface area contributed by atoms with Crippen LogP contribution in [0.1, 0.15) is 31.6 Å². The van der Waals surface area contributed by atoms with Crippen molar-refractivity contribution in [1.82, 2.24) is 9.78 Å². The van der Waals surface area contributed by atoms with Crippen molar-refractivity contribution in [2.75, 3.05) is 13.2 Å². The third-order valence-corrected chi connectivity index (χ3v) is 3.02. The molecule has 84 valence electrons. The van der Waals surface area contributed by atoms with E-state index in [1.54, 1.807) is 6.20 Å². The van der Waals surface area contributed by atoms with Gasteiger partial charge < -0.3 is 9.84 Å². The van der Waals surface area contributed by atoms with Crippen molar-refractivity contribution in [3.63, 3.8) is 0 Å². The summed E-state index contributed by atoms with van der Waals surface area (Å²) in [5, 5.41) is 13.5. The Hall–Kier alpha value is -0.870. The molecule has 0 amide bonds. The predicted octanol–water partition coefficient (Wildman–Crippen LogP) is 1.36. The Morgan fingerprint density at radius 2 is 2.53 bits per heavy atom. The highest BCUT2D eigenvalue weighted by Crippen LogP contribution is 2.32. The van der Waals surface area contributed by atoms with Gasteiger partial charge in [-0.05, 0) is 25.8 Å². The molecule has 1 aromatic heterocycles. The number of aromatic nitrogens is 2. The molecule has 0 bridgehead atoms. The van der Waals surface area contributed by atoms with Gasteiger partial charge in [0.15, 0.2) is 0 Å². The lowest BCUT2D eigenvalue weighted by Gasteiger charge is -2.30. The Morgan fingerprint density at radius 3 is 3.27 bits per heavy atom. The minimum Gasteiger partial charge on any atom is -0.396 e. The molecule has 0 radical (unpaired) electrons. The Morgan fingerprint density at radius 1 is 1.67 bits per heavy atom. The molecule has 1 aliphatic rings. The molecule has 1 fully saturated rings. The van der Waals surface area contributed by atoms with E-state index in [0.29, 0.717) is 0 Å². The number of nitrogens with zero attached hydrogens (tertiary/aromatic N) is 2. The maximum Gasteiger partial charge on any atom is 0.104 e. The molecular weight excluding hydrogens is 192 g/mol. The largest absolute Gasteiger partial charge is 0.396 e. The number of aliphatic hydroxyl groups excluding tert-OH is 1. The zero-order valence-electron chi connectivity index (χ0n) is 9.09. The number of rotatable bonds is 3. The van der Waals surface area contributed by atoms with Crippen LogP contribution in [0, 0.1) is 5.92 Å². The Kier molecular flexibility index (Phi) is 3.38. The molecule has 0 aliphatic carbocycles. The van der Waals surface area contributed by atoms with Crippen LogP contribution < -0.4 is 0 Å². The van der Waals surface area contributed by atoms with Gasteiger partial charge in [-0.15, -0.1) is 0 Å². The first-order chi connectivity index (χ1) is 7.36. The summed E-state index contributed by atoms with van der Waals surface area (Å²) in [7, 11) is 0. The molecule has 1 saturated heterocycles. The molecule has 15 heavy (non-hydrogen) atoms. The van der Waals surface area contributed by atoms with Crippen LogP contribution in [-0.4, -0.2) is 28.1 Å². The summed E-state index contributed by atoms with van der Waals surface area (Å²) in [6, 6.07) is 1.99. The van der Waals surface area contributed by atoms with E-state index in [4.69, 9.17) is 4.74 Å². The molecule has 1 aliphatic heterocycles. The predicted molar refractivity (Wildman–Crippen MR) is 56.4 cm³/mol. The minimum absolute atomic E-state index is 0.0196. The van der Waals surface area contributed by atoms with E-state index in [1.807, 2.05) is 10.7 Å². The van der Waals surface area contributed by atoms with Crippen molar-refractivity contribution in [2.24, 2.45) is 5.92 Å². The summed E-state index contributed by atoms with van der Waals surface area (Å²) in [6.45, 7) is 3.89. The zero-order chi connectivity index (χ0) is 10.7. The molecule has 1 N–H and O–H groups in total. The normalized spacial score (nSPS) is 26.8. The van der Waals surface area contributed by atoms with Gasteiger partial charge in [-0.25, -0.2) is 0 Å². The maximum atomic E-state index is 9.31. The van der Waals surface area contributed by atoms with Crippen LogP contribution >= 0.6 is 0 Å². The molecule has 0 spiro atoms. The first kappa shape index (κ1) is 10.6. The Bertz CT molecular complexity index is 311. The summed E-state index contributed by atoms with van der Waals surface area (Å²) >= 11 is 0. The SMILES string of the molecule is CCn1nccc1[C@@H]1OCCC[C@H]1CO. The monoisotopic (exact) mass is 210 g/mol. The minimum atomic E-state index is 0.0196. The second-order valence-electron chi connectivity index (χ2n) is 3.95. The van der Waals surface area contributed by atoms with Crippen molar-refractivity contribution in [1.29, 1.82) is 0 Å². The fourth-order valence-corrected chi connectivity index (χ4v) is 2.21. The molecule has 2 atom stereocenters. The number of hydrogen-bond donors (Lipinski definition) is 1. The van der Waals surface area contributed by atoms with Gasteiger partial charge in [-0.2, -0.15) is 5.10 Å². The number of ether oxygens (including phenoxy) is 1. The highest BCUT2D eigenvalue weighted by molar-refractivity contribution is 5.07. The van der Waals surface area contributed by atoms with Crippen molar-refractivity contribution < 1.29 is 9.84 Å². The first-order valence-electron chi connectivity index (χ1n) is 5.61. The first-order valence-corrected chi connectivity index (χ1v) is 5.61. The summed E-state index contributed by atoms with van der Waals surface area (Å²) in [5.41, 5.74) is 1.09. The molecular formula is C11H18N2O2. The third-order valence-electron chi connectivity index (χ3n) is 3.02. The fourth-order valence-electron chi connectivity index (χ4n) is 2.21. The van der Waals surface area contributed by atoms with E-state index in [-0.39, 0.29) is 18.6 Å². The molecule has 1 aromatic rings. The van der Waals surface area contributed by atoms with Gasteiger partial charge in [0.2, 0.25) is 0 Å². The second-order valence-corrected chi connectivity index (χ2v) is 3.95. The van der Waals surface area contributed by atoms with Gasteiger partial charge in [-0.1, -0.05) is 0 Å². The lowest BCUT2D eigenvalue weighted by molar-refractivity contribution is -0.0501. The molecule has 0 saturated carbocycles. The van der Waals surface area contributed by atoms with Crippen molar-refractivity contribution in [3.8, 4) is 0 Å². The number of aliphatic hydroxyl groups is 1. The highest BCUT2D eigenvalue weighted by atomic mass is 16.5.